The summed E-state index contributed by atoms with van der Waals surface area (Å²) < 4.78 is 24.8. The molecule has 1 atom stereocenters. The summed E-state index contributed by atoms with van der Waals surface area (Å²) in [5, 5.41) is 8.30. The first kappa shape index (κ1) is 21.3. The molecule has 2 amide bonds. The van der Waals surface area contributed by atoms with E-state index in [-0.39, 0.29) is 31.5 Å². The SMILES string of the molecule is CCOC(=O)CN1CCN(c2ccc(N3C[C@H](CNC(C)=O)OC3=O)cc2F)C=N1. The summed E-state index contributed by atoms with van der Waals surface area (Å²) >= 11 is 0. The summed E-state index contributed by atoms with van der Waals surface area (Å²) in [5.41, 5.74) is 0.671. The van der Waals surface area contributed by atoms with Crippen LogP contribution >= 0.6 is 0 Å². The lowest BCUT2D eigenvalue weighted by Gasteiger charge is -2.29. The number of rotatable bonds is 7. The van der Waals surface area contributed by atoms with Gasteiger partial charge in [0, 0.05) is 13.5 Å². The van der Waals surface area contributed by atoms with Gasteiger partial charge in [-0.25, -0.2) is 9.18 Å². The number of carbonyl (C=O) groups is 3. The third kappa shape index (κ3) is 5.16. The molecule has 0 spiro atoms. The minimum Gasteiger partial charge on any atom is -0.465 e. The predicted octanol–water partition coefficient (Wildman–Crippen LogP) is 0.915. The molecule has 3 rings (SSSR count). The van der Waals surface area contributed by atoms with E-state index in [2.05, 4.69) is 10.4 Å². The molecule has 162 valence electrons. The standard InChI is InChI=1S/C19H24FN5O5/c1-3-29-18(27)11-24-7-6-23(12-22-24)17-5-4-14(8-16(17)20)25-10-15(30-19(25)28)9-21-13(2)26/h4-5,8,12,15H,3,6-7,9-11H2,1-2H3,(H,21,26)/t15-/m0/s1. The van der Waals surface area contributed by atoms with Crippen LogP contribution in [0, 0.1) is 5.82 Å². The van der Waals surface area contributed by atoms with Crippen molar-refractivity contribution in [3.05, 3.63) is 24.0 Å². The van der Waals surface area contributed by atoms with Crippen LogP contribution in [0.5, 0.6) is 0 Å². The van der Waals surface area contributed by atoms with Crippen molar-refractivity contribution in [2.75, 3.05) is 49.1 Å². The summed E-state index contributed by atoms with van der Waals surface area (Å²) in [6.45, 7) is 4.73. The Bertz CT molecular complexity index is 849. The Morgan fingerprint density at radius 3 is 2.80 bits per heavy atom. The Hall–Kier alpha value is -3.37. The number of anilines is 2. The summed E-state index contributed by atoms with van der Waals surface area (Å²) in [6, 6.07) is 4.45. The molecule has 0 radical (unpaired) electrons. The molecule has 1 aromatic carbocycles. The van der Waals surface area contributed by atoms with E-state index in [1.165, 1.54) is 24.2 Å². The van der Waals surface area contributed by atoms with Crippen LogP contribution in [0.1, 0.15) is 13.8 Å². The number of hydrogen-bond donors (Lipinski definition) is 1. The van der Waals surface area contributed by atoms with Crippen LogP contribution in [0.4, 0.5) is 20.6 Å². The van der Waals surface area contributed by atoms with Crippen LogP contribution in [0.2, 0.25) is 0 Å². The quantitative estimate of drug-likeness (QED) is 0.653. The Labute approximate surface area is 173 Å². The van der Waals surface area contributed by atoms with Gasteiger partial charge >= 0.3 is 12.1 Å². The molecule has 2 aliphatic rings. The molecule has 10 nitrogen and oxygen atoms in total. The summed E-state index contributed by atoms with van der Waals surface area (Å²) in [5.74, 6) is -1.10. The minimum atomic E-state index is -0.591. The molecule has 30 heavy (non-hydrogen) atoms. The Morgan fingerprint density at radius 2 is 2.17 bits per heavy atom. The first-order valence-electron chi connectivity index (χ1n) is 9.60. The van der Waals surface area contributed by atoms with E-state index >= 15 is 0 Å². The number of amides is 2. The molecule has 2 aliphatic heterocycles. The monoisotopic (exact) mass is 421 g/mol. The van der Waals surface area contributed by atoms with Crippen molar-refractivity contribution in [2.45, 2.75) is 20.0 Å². The van der Waals surface area contributed by atoms with E-state index in [0.717, 1.165) is 0 Å². The highest BCUT2D eigenvalue weighted by atomic mass is 19.1. The van der Waals surface area contributed by atoms with Gasteiger partial charge in [0.15, 0.2) is 0 Å². The highest BCUT2D eigenvalue weighted by Crippen LogP contribution is 2.28. The minimum absolute atomic E-state index is 0.0380. The van der Waals surface area contributed by atoms with Crippen LogP contribution in [0.15, 0.2) is 23.3 Å². The molecule has 0 unspecified atom stereocenters. The smallest absolute Gasteiger partial charge is 0.414 e. The first-order valence-corrected chi connectivity index (χ1v) is 9.60. The molecule has 1 saturated heterocycles. The number of esters is 1. The maximum absolute atomic E-state index is 14.7. The molecule has 1 aromatic rings. The maximum atomic E-state index is 14.7. The molecular weight excluding hydrogens is 397 g/mol. The highest BCUT2D eigenvalue weighted by molar-refractivity contribution is 5.90. The van der Waals surface area contributed by atoms with E-state index in [1.54, 1.807) is 29.0 Å². The van der Waals surface area contributed by atoms with Crippen molar-refractivity contribution in [2.24, 2.45) is 5.10 Å². The van der Waals surface area contributed by atoms with Gasteiger partial charge in [-0.05, 0) is 25.1 Å². The van der Waals surface area contributed by atoms with Gasteiger partial charge in [0.1, 0.15) is 24.8 Å². The average Bonchev–Trinajstić information content (AvgIpc) is 3.08. The Kier molecular flexibility index (Phi) is 6.70. The second-order valence-electron chi connectivity index (χ2n) is 6.81. The number of benzene rings is 1. The van der Waals surface area contributed by atoms with Crippen molar-refractivity contribution < 1.29 is 28.2 Å². The molecule has 0 bridgehead atoms. The van der Waals surface area contributed by atoms with Gasteiger partial charge in [-0.15, -0.1) is 0 Å². The van der Waals surface area contributed by atoms with E-state index in [9.17, 15) is 18.8 Å². The molecular formula is C19H24FN5O5. The fourth-order valence-corrected chi connectivity index (χ4v) is 3.13. The topological polar surface area (TPSA) is 104 Å². The van der Waals surface area contributed by atoms with E-state index in [1.807, 2.05) is 0 Å². The fourth-order valence-electron chi connectivity index (χ4n) is 3.13. The first-order chi connectivity index (χ1) is 14.4. The van der Waals surface area contributed by atoms with Crippen molar-refractivity contribution in [1.29, 1.82) is 0 Å². The highest BCUT2D eigenvalue weighted by Gasteiger charge is 2.33. The zero-order valence-corrected chi connectivity index (χ0v) is 16.8. The van der Waals surface area contributed by atoms with Crippen LogP contribution < -0.4 is 15.1 Å². The van der Waals surface area contributed by atoms with Crippen LogP contribution in [-0.4, -0.2) is 74.8 Å². The number of halogens is 1. The number of carbonyl (C=O) groups excluding carboxylic acids is 3. The maximum Gasteiger partial charge on any atom is 0.414 e. The third-order valence-corrected chi connectivity index (χ3v) is 4.58. The van der Waals surface area contributed by atoms with Gasteiger partial charge in [-0.2, -0.15) is 5.10 Å². The van der Waals surface area contributed by atoms with Gasteiger partial charge in [0.2, 0.25) is 5.91 Å². The summed E-state index contributed by atoms with van der Waals surface area (Å²) in [7, 11) is 0. The van der Waals surface area contributed by atoms with Gasteiger partial charge in [-0.1, -0.05) is 0 Å². The predicted molar refractivity (Wildman–Crippen MR) is 107 cm³/mol. The van der Waals surface area contributed by atoms with Crippen LogP contribution in [-0.2, 0) is 19.1 Å². The van der Waals surface area contributed by atoms with E-state index in [0.29, 0.717) is 31.1 Å². The molecule has 1 N–H and O–H groups in total. The second-order valence-corrected chi connectivity index (χ2v) is 6.81. The largest absolute Gasteiger partial charge is 0.465 e. The second kappa shape index (κ2) is 9.42. The lowest BCUT2D eigenvalue weighted by molar-refractivity contribution is -0.144. The van der Waals surface area contributed by atoms with Crippen molar-refractivity contribution >= 4 is 35.7 Å². The Balaban J connectivity index is 1.63. The zero-order valence-electron chi connectivity index (χ0n) is 16.8. The third-order valence-electron chi connectivity index (χ3n) is 4.58. The fraction of sp³-hybridized carbons (Fsp3) is 0.474. The van der Waals surface area contributed by atoms with Crippen molar-refractivity contribution in [3.63, 3.8) is 0 Å². The Morgan fingerprint density at radius 1 is 1.37 bits per heavy atom. The van der Waals surface area contributed by atoms with E-state index < -0.39 is 18.0 Å². The molecule has 0 aromatic heterocycles. The van der Waals surface area contributed by atoms with Gasteiger partial charge < -0.3 is 19.7 Å². The van der Waals surface area contributed by atoms with Gasteiger partial charge in [-0.3, -0.25) is 19.5 Å². The van der Waals surface area contributed by atoms with Crippen LogP contribution in [0.25, 0.3) is 0 Å². The average molecular weight is 421 g/mol. The zero-order chi connectivity index (χ0) is 21.7. The molecule has 0 saturated carbocycles. The normalized spacial score (nSPS) is 18.4. The number of hydrogen-bond acceptors (Lipinski definition) is 8. The van der Waals surface area contributed by atoms with Gasteiger partial charge in [0.25, 0.3) is 0 Å². The summed E-state index contributed by atoms with van der Waals surface area (Å²) in [6.07, 6.45) is 0.365. The number of nitrogens with zero attached hydrogens (tertiary/aromatic N) is 4. The molecule has 11 heteroatoms. The molecule has 0 aliphatic carbocycles. The number of nitrogens with one attached hydrogen (secondary N) is 1. The lowest BCUT2D eigenvalue weighted by atomic mass is 10.2. The van der Waals surface area contributed by atoms with E-state index in [4.69, 9.17) is 9.47 Å². The van der Waals surface area contributed by atoms with Crippen molar-refractivity contribution in [3.8, 4) is 0 Å². The lowest BCUT2D eigenvalue weighted by Crippen LogP contribution is -2.40. The molecule has 1 fully saturated rings. The number of ether oxygens (including phenoxy) is 2. The number of hydrazone groups is 1. The summed E-state index contributed by atoms with van der Waals surface area (Å²) in [4.78, 5) is 37.6. The van der Waals surface area contributed by atoms with Crippen LogP contribution in [0.3, 0.4) is 0 Å². The van der Waals surface area contributed by atoms with Crippen molar-refractivity contribution in [1.82, 2.24) is 10.3 Å². The van der Waals surface area contributed by atoms with Gasteiger partial charge in [0.05, 0.1) is 37.6 Å². The molecule has 2 heterocycles. The number of cyclic esters (lactones) is 1.